The second-order valence-corrected chi connectivity index (χ2v) is 10.5. The minimum absolute atomic E-state index is 0.0540. The number of thiocarbonyl (C=S) groups is 1. The van der Waals surface area contributed by atoms with Crippen LogP contribution in [0.5, 0.6) is 11.5 Å². The van der Waals surface area contributed by atoms with Crippen LogP contribution in [0.1, 0.15) is 16.7 Å². The normalized spacial score (nSPS) is 15.1. The first-order chi connectivity index (χ1) is 17.1. The zero-order chi connectivity index (χ0) is 26.0. The highest BCUT2D eigenvalue weighted by molar-refractivity contribution is 9.10. The molecule has 1 amide bonds. The highest BCUT2D eigenvalue weighted by Gasteiger charge is 2.36. The van der Waals surface area contributed by atoms with Crippen LogP contribution in [0.2, 0.25) is 5.02 Å². The van der Waals surface area contributed by atoms with Crippen molar-refractivity contribution in [2.24, 2.45) is 0 Å². The predicted octanol–water partition coefficient (Wildman–Crippen LogP) is 8.11. The second kappa shape index (κ2) is 10.8. The van der Waals surface area contributed by atoms with E-state index in [0.717, 1.165) is 34.4 Å². The van der Waals surface area contributed by atoms with Crippen LogP contribution in [0.3, 0.4) is 0 Å². The number of ether oxygens (including phenoxy) is 2. The molecule has 11 heteroatoms. The molecule has 1 saturated heterocycles. The van der Waals surface area contributed by atoms with Gasteiger partial charge in [-0.1, -0.05) is 69.7 Å². The van der Waals surface area contributed by atoms with Crippen LogP contribution in [-0.2, 0) is 17.6 Å². The molecular formula is C25H16BrClF3NO3S2. The third kappa shape index (κ3) is 5.88. The van der Waals surface area contributed by atoms with Crippen molar-refractivity contribution >= 4 is 73.5 Å². The van der Waals surface area contributed by atoms with E-state index < -0.39 is 17.6 Å². The van der Waals surface area contributed by atoms with Gasteiger partial charge in [0.05, 0.1) is 23.3 Å². The molecule has 0 aliphatic carbocycles. The van der Waals surface area contributed by atoms with E-state index in [1.807, 2.05) is 12.1 Å². The number of rotatable bonds is 6. The Morgan fingerprint density at radius 3 is 2.50 bits per heavy atom. The molecule has 0 radical (unpaired) electrons. The van der Waals surface area contributed by atoms with E-state index in [-0.39, 0.29) is 21.5 Å². The minimum Gasteiger partial charge on any atom is -0.493 e. The van der Waals surface area contributed by atoms with Gasteiger partial charge in [-0.05, 0) is 59.7 Å². The van der Waals surface area contributed by atoms with Gasteiger partial charge >= 0.3 is 6.18 Å². The van der Waals surface area contributed by atoms with Crippen molar-refractivity contribution < 1.29 is 27.4 Å². The SMILES string of the molecule is COc1cc(/C=C2/SC(=S)N(c3cccc(C(F)(F)F)c3)C2=O)c(Br)cc1OCc1ccc(Cl)cc1. The van der Waals surface area contributed by atoms with E-state index in [1.165, 1.54) is 19.2 Å². The summed E-state index contributed by atoms with van der Waals surface area (Å²) >= 11 is 15.7. The summed E-state index contributed by atoms with van der Waals surface area (Å²) in [4.78, 5) is 14.4. The first-order valence-electron chi connectivity index (χ1n) is 10.3. The van der Waals surface area contributed by atoms with Crippen molar-refractivity contribution in [3.63, 3.8) is 0 Å². The third-order valence-electron chi connectivity index (χ3n) is 5.10. The number of anilines is 1. The van der Waals surface area contributed by atoms with Gasteiger partial charge in [0.15, 0.2) is 15.8 Å². The molecule has 0 atom stereocenters. The topological polar surface area (TPSA) is 38.8 Å². The highest BCUT2D eigenvalue weighted by atomic mass is 79.9. The average Bonchev–Trinajstić information content (AvgIpc) is 3.12. The quantitative estimate of drug-likeness (QED) is 0.207. The lowest BCUT2D eigenvalue weighted by Crippen LogP contribution is -2.27. The largest absolute Gasteiger partial charge is 0.493 e. The summed E-state index contributed by atoms with van der Waals surface area (Å²) in [5.74, 6) is 0.401. The number of thioether (sulfide) groups is 1. The van der Waals surface area contributed by atoms with E-state index >= 15 is 0 Å². The lowest BCUT2D eigenvalue weighted by Gasteiger charge is -2.16. The molecule has 36 heavy (non-hydrogen) atoms. The molecule has 1 aliphatic heterocycles. The number of amides is 1. The van der Waals surface area contributed by atoms with Gasteiger partial charge in [0.2, 0.25) is 0 Å². The van der Waals surface area contributed by atoms with Crippen LogP contribution in [-0.4, -0.2) is 17.3 Å². The molecule has 1 fully saturated rings. The first kappa shape index (κ1) is 26.5. The number of benzene rings is 3. The van der Waals surface area contributed by atoms with Gasteiger partial charge < -0.3 is 9.47 Å². The summed E-state index contributed by atoms with van der Waals surface area (Å²) in [6, 6.07) is 15.1. The fourth-order valence-electron chi connectivity index (χ4n) is 3.33. The van der Waals surface area contributed by atoms with Crippen LogP contribution < -0.4 is 14.4 Å². The molecule has 0 spiro atoms. The zero-order valence-corrected chi connectivity index (χ0v) is 22.4. The number of alkyl halides is 3. The highest BCUT2D eigenvalue weighted by Crippen LogP contribution is 2.41. The van der Waals surface area contributed by atoms with Crippen LogP contribution in [0, 0.1) is 0 Å². The van der Waals surface area contributed by atoms with Gasteiger partial charge in [0.25, 0.3) is 5.91 Å². The Labute approximate surface area is 228 Å². The van der Waals surface area contributed by atoms with E-state index in [9.17, 15) is 18.0 Å². The van der Waals surface area contributed by atoms with Crippen molar-refractivity contribution in [1.29, 1.82) is 0 Å². The summed E-state index contributed by atoms with van der Waals surface area (Å²) in [6.07, 6.45) is -2.94. The van der Waals surface area contributed by atoms with Crippen LogP contribution in [0.15, 0.2) is 70.0 Å². The van der Waals surface area contributed by atoms with E-state index in [2.05, 4.69) is 15.9 Å². The lowest BCUT2D eigenvalue weighted by molar-refractivity contribution is -0.137. The number of halogens is 5. The molecule has 4 nitrogen and oxygen atoms in total. The second-order valence-electron chi connectivity index (χ2n) is 7.50. The van der Waals surface area contributed by atoms with Crippen LogP contribution in [0.25, 0.3) is 6.08 Å². The Balaban J connectivity index is 1.58. The maximum Gasteiger partial charge on any atom is 0.416 e. The molecule has 3 aromatic rings. The summed E-state index contributed by atoms with van der Waals surface area (Å²) < 4.78 is 51.6. The van der Waals surface area contributed by atoms with Gasteiger partial charge in [-0.15, -0.1) is 0 Å². The van der Waals surface area contributed by atoms with E-state index in [4.69, 9.17) is 33.3 Å². The minimum atomic E-state index is -4.54. The Kier molecular flexibility index (Phi) is 7.99. The number of carbonyl (C=O) groups excluding carboxylic acids is 1. The van der Waals surface area contributed by atoms with Crippen molar-refractivity contribution in [3.8, 4) is 11.5 Å². The van der Waals surface area contributed by atoms with E-state index in [1.54, 1.807) is 30.3 Å². The summed E-state index contributed by atoms with van der Waals surface area (Å²) in [5, 5.41) is 0.627. The van der Waals surface area contributed by atoms with Gasteiger partial charge in [-0.2, -0.15) is 13.2 Å². The Morgan fingerprint density at radius 1 is 1.11 bits per heavy atom. The third-order valence-corrected chi connectivity index (χ3v) is 7.34. The van der Waals surface area contributed by atoms with Gasteiger partial charge in [0, 0.05) is 9.50 Å². The lowest BCUT2D eigenvalue weighted by atomic mass is 10.1. The molecule has 3 aromatic carbocycles. The fourth-order valence-corrected chi connectivity index (χ4v) is 5.18. The monoisotopic (exact) mass is 613 g/mol. The van der Waals surface area contributed by atoms with E-state index in [0.29, 0.717) is 26.6 Å². The van der Waals surface area contributed by atoms with Crippen molar-refractivity contribution in [2.75, 3.05) is 12.0 Å². The molecule has 1 aliphatic rings. The first-order valence-corrected chi connectivity index (χ1v) is 12.7. The number of carbonyl (C=O) groups is 1. The number of nitrogens with zero attached hydrogens (tertiary/aromatic N) is 1. The predicted molar refractivity (Wildman–Crippen MR) is 144 cm³/mol. The molecule has 0 saturated carbocycles. The summed E-state index contributed by atoms with van der Waals surface area (Å²) in [5.41, 5.74) is 0.716. The number of methoxy groups -OCH3 is 1. The molecule has 0 unspecified atom stereocenters. The Morgan fingerprint density at radius 2 is 1.83 bits per heavy atom. The zero-order valence-electron chi connectivity index (χ0n) is 18.4. The summed E-state index contributed by atoms with van der Waals surface area (Å²) in [7, 11) is 1.50. The Hall–Kier alpha value is -2.53. The smallest absolute Gasteiger partial charge is 0.416 e. The maximum atomic E-state index is 13.1. The fraction of sp³-hybridized carbons (Fsp3) is 0.120. The average molecular weight is 615 g/mol. The molecular weight excluding hydrogens is 599 g/mol. The Bertz CT molecular complexity index is 1360. The molecule has 0 bridgehead atoms. The molecule has 0 aromatic heterocycles. The molecule has 1 heterocycles. The molecule has 4 rings (SSSR count). The molecule has 0 N–H and O–H groups in total. The van der Waals surface area contributed by atoms with Crippen molar-refractivity contribution in [1.82, 2.24) is 0 Å². The standard InChI is InChI=1S/C25H16BrClF3NO3S2/c1-33-20-9-15(19(26)12-21(20)34-13-14-5-7-17(27)8-6-14)10-22-23(32)31(24(35)36-22)18-4-2-3-16(11-18)25(28,29)30/h2-12H,13H2,1H3/b22-10+. The summed E-state index contributed by atoms with van der Waals surface area (Å²) in [6.45, 7) is 0.287. The van der Waals surface area contributed by atoms with Gasteiger partial charge in [-0.25, -0.2) is 0 Å². The van der Waals surface area contributed by atoms with Crippen LogP contribution >= 0.6 is 51.5 Å². The molecule has 186 valence electrons. The number of hydrogen-bond acceptors (Lipinski definition) is 5. The van der Waals surface area contributed by atoms with Gasteiger partial charge in [-0.3, -0.25) is 9.69 Å². The maximum absolute atomic E-state index is 13.1. The number of hydrogen-bond donors (Lipinski definition) is 0. The van der Waals surface area contributed by atoms with Crippen molar-refractivity contribution in [3.05, 3.63) is 91.8 Å². The van der Waals surface area contributed by atoms with Gasteiger partial charge in [0.1, 0.15) is 6.61 Å². The van der Waals surface area contributed by atoms with Crippen molar-refractivity contribution in [2.45, 2.75) is 12.8 Å². The van der Waals surface area contributed by atoms with Crippen LogP contribution in [0.4, 0.5) is 18.9 Å².